The summed E-state index contributed by atoms with van der Waals surface area (Å²) in [5.41, 5.74) is 0.796. The molecule has 28 heavy (non-hydrogen) atoms. The Bertz CT molecular complexity index is 983. The van der Waals surface area contributed by atoms with Crippen LogP contribution in [0, 0.1) is 10.1 Å². The van der Waals surface area contributed by atoms with E-state index in [0.29, 0.717) is 20.6 Å². The van der Waals surface area contributed by atoms with Crippen molar-refractivity contribution in [1.82, 2.24) is 0 Å². The van der Waals surface area contributed by atoms with Gasteiger partial charge in [0.05, 0.1) is 20.3 Å². The number of hydrogen-bond donors (Lipinski definition) is 0. The van der Waals surface area contributed by atoms with Gasteiger partial charge in [0.2, 0.25) is 0 Å². The van der Waals surface area contributed by atoms with E-state index in [1.807, 2.05) is 6.92 Å². The zero-order valence-corrected chi connectivity index (χ0v) is 16.7. The Hall–Kier alpha value is -2.64. The van der Waals surface area contributed by atoms with E-state index in [9.17, 15) is 19.7 Å². The maximum absolute atomic E-state index is 13.0. The van der Waals surface area contributed by atoms with Crippen molar-refractivity contribution in [3.05, 3.63) is 91.7 Å². The number of carbonyl (C=O) groups is 2. The first-order valence-corrected chi connectivity index (χ1v) is 10.4. The van der Waals surface area contributed by atoms with E-state index in [-0.39, 0.29) is 17.0 Å². The lowest BCUT2D eigenvalue weighted by atomic mass is 10.0. The second kappa shape index (κ2) is 9.03. The Kier molecular flexibility index (Phi) is 6.49. The van der Waals surface area contributed by atoms with Crippen LogP contribution in [0.3, 0.4) is 0 Å². The van der Waals surface area contributed by atoms with Crippen molar-refractivity contribution in [1.29, 1.82) is 0 Å². The fourth-order valence-corrected chi connectivity index (χ4v) is 5.50. The molecule has 0 saturated carbocycles. The van der Waals surface area contributed by atoms with Gasteiger partial charge in [-0.3, -0.25) is 19.7 Å². The average molecular weight is 412 g/mol. The Labute approximate surface area is 171 Å². The third-order valence-corrected chi connectivity index (χ3v) is 6.99. The van der Waals surface area contributed by atoms with Crippen LogP contribution in [0.4, 0.5) is 5.69 Å². The molecule has 0 unspecified atom stereocenters. The monoisotopic (exact) mass is 411 g/mol. The van der Waals surface area contributed by atoms with E-state index < -0.39 is 10.7 Å². The van der Waals surface area contributed by atoms with Gasteiger partial charge < -0.3 is 0 Å². The summed E-state index contributed by atoms with van der Waals surface area (Å²) in [6.45, 7) is 2.04. The summed E-state index contributed by atoms with van der Waals surface area (Å²) in [5, 5.41) is 11.5. The summed E-state index contributed by atoms with van der Waals surface area (Å²) in [7, 11) is 0. The summed E-state index contributed by atoms with van der Waals surface area (Å²) >= 11 is 3.01. The van der Waals surface area contributed by atoms with E-state index >= 15 is 0 Å². The van der Waals surface area contributed by atoms with Crippen LogP contribution in [0.1, 0.15) is 22.8 Å². The molecule has 1 fully saturated rings. The zero-order valence-electron chi connectivity index (χ0n) is 15.0. The average Bonchev–Trinajstić information content (AvgIpc) is 3.13. The van der Waals surface area contributed by atoms with E-state index in [1.165, 1.54) is 41.7 Å². The van der Waals surface area contributed by atoms with Crippen molar-refractivity contribution >= 4 is 46.9 Å². The molecular weight excluding hydrogens is 394 g/mol. The van der Waals surface area contributed by atoms with Crippen molar-refractivity contribution in [2.24, 2.45) is 0 Å². The predicted octanol–water partition coefficient (Wildman–Crippen LogP) is 5.14. The zero-order chi connectivity index (χ0) is 20.1. The van der Waals surface area contributed by atoms with Crippen LogP contribution in [0.15, 0.2) is 70.5 Å². The number of benzene rings is 2. The molecule has 0 aliphatic carbocycles. The summed E-state index contributed by atoms with van der Waals surface area (Å²) in [4.78, 5) is 36.6. The van der Waals surface area contributed by atoms with E-state index in [2.05, 4.69) is 0 Å². The fraction of sp³-hybridized carbons (Fsp3) is 0.143. The van der Waals surface area contributed by atoms with Gasteiger partial charge in [0.15, 0.2) is 11.6 Å². The van der Waals surface area contributed by atoms with E-state index in [4.69, 9.17) is 0 Å². The molecule has 2 aromatic rings. The van der Waals surface area contributed by atoms with Crippen LogP contribution in [0.2, 0.25) is 0 Å². The number of allylic oxidation sites excluding steroid dienone is 2. The maximum Gasteiger partial charge on any atom is 0.276 e. The SMILES string of the molecule is C[C@@H]1CS/C(=C(\C(=O)/C=C\c2ccccc2[N+](=O)[O-])C(=O)c2ccccc2)S1. The number of carbonyl (C=O) groups excluding carboxylic acids is 2. The smallest absolute Gasteiger partial charge is 0.276 e. The van der Waals surface area contributed by atoms with Gasteiger partial charge in [-0.25, -0.2) is 0 Å². The highest BCUT2D eigenvalue weighted by Crippen LogP contribution is 2.44. The molecule has 1 heterocycles. The first-order chi connectivity index (χ1) is 13.5. The molecule has 1 aliphatic heterocycles. The van der Waals surface area contributed by atoms with Crippen LogP contribution in [0.5, 0.6) is 0 Å². The molecule has 0 bridgehead atoms. The molecule has 1 atom stereocenters. The number of hydrogen-bond acceptors (Lipinski definition) is 6. The Morgan fingerprint density at radius 3 is 2.43 bits per heavy atom. The predicted molar refractivity (Wildman–Crippen MR) is 114 cm³/mol. The standard InChI is InChI=1S/C21H17NO4S2/c1-14-13-27-21(28-14)19(20(24)16-8-3-2-4-9-16)18(23)12-11-15-7-5-6-10-17(15)22(25)26/h2-12,14H,13H2,1H3/b12-11-,21-19-/t14-/m1/s1. The molecule has 2 aromatic carbocycles. The summed E-state index contributed by atoms with van der Waals surface area (Å²) in [5.74, 6) is 0.0465. The third kappa shape index (κ3) is 4.61. The molecule has 1 saturated heterocycles. The second-order valence-corrected chi connectivity index (χ2v) is 8.85. The minimum Gasteiger partial charge on any atom is -0.289 e. The van der Waals surface area contributed by atoms with Gasteiger partial charge in [-0.1, -0.05) is 49.4 Å². The number of Topliss-reactive ketones (excluding diaryl/α,β-unsaturated/α-hetero) is 1. The van der Waals surface area contributed by atoms with Crippen molar-refractivity contribution < 1.29 is 14.5 Å². The number of para-hydroxylation sites is 1. The van der Waals surface area contributed by atoms with Gasteiger partial charge >= 0.3 is 0 Å². The molecule has 0 amide bonds. The quantitative estimate of drug-likeness (QED) is 0.164. The molecule has 0 N–H and O–H groups in total. The number of nitro benzene ring substituents is 1. The Morgan fingerprint density at radius 2 is 1.79 bits per heavy atom. The molecule has 142 valence electrons. The number of nitrogens with zero attached hydrogens (tertiary/aromatic N) is 1. The maximum atomic E-state index is 13.0. The van der Waals surface area contributed by atoms with E-state index in [0.717, 1.165) is 5.75 Å². The molecule has 0 spiro atoms. The van der Waals surface area contributed by atoms with Crippen molar-refractivity contribution in [3.8, 4) is 0 Å². The largest absolute Gasteiger partial charge is 0.289 e. The van der Waals surface area contributed by atoms with Gasteiger partial charge in [-0.2, -0.15) is 0 Å². The minimum atomic E-state index is -0.497. The first-order valence-electron chi connectivity index (χ1n) is 8.56. The highest BCUT2D eigenvalue weighted by Gasteiger charge is 2.28. The van der Waals surface area contributed by atoms with Crippen LogP contribution < -0.4 is 0 Å². The Morgan fingerprint density at radius 1 is 1.11 bits per heavy atom. The summed E-state index contributed by atoms with van der Waals surface area (Å²) < 4.78 is 0.707. The second-order valence-electron chi connectivity index (χ2n) is 6.11. The van der Waals surface area contributed by atoms with Crippen molar-refractivity contribution in [3.63, 3.8) is 0 Å². The molecule has 1 aliphatic rings. The number of ketones is 2. The molecule has 0 aromatic heterocycles. The van der Waals surface area contributed by atoms with E-state index in [1.54, 1.807) is 48.5 Å². The third-order valence-electron chi connectivity index (χ3n) is 4.02. The summed E-state index contributed by atoms with van der Waals surface area (Å²) in [6.07, 6.45) is 2.64. The normalized spacial score (nSPS) is 18.2. The van der Waals surface area contributed by atoms with Gasteiger partial charge in [-0.05, 0) is 18.2 Å². The lowest BCUT2D eigenvalue weighted by Gasteiger charge is -2.07. The van der Waals surface area contributed by atoms with Gasteiger partial charge in [0, 0.05) is 22.6 Å². The topological polar surface area (TPSA) is 77.3 Å². The van der Waals surface area contributed by atoms with Crippen LogP contribution in [0.25, 0.3) is 6.08 Å². The minimum absolute atomic E-state index is 0.0895. The number of rotatable bonds is 6. The number of nitro groups is 1. The van der Waals surface area contributed by atoms with Gasteiger partial charge in [0.1, 0.15) is 0 Å². The molecule has 5 nitrogen and oxygen atoms in total. The van der Waals surface area contributed by atoms with Crippen LogP contribution in [-0.2, 0) is 4.79 Å². The Balaban J connectivity index is 1.97. The lowest BCUT2D eigenvalue weighted by Crippen LogP contribution is -2.13. The number of thioether (sulfide) groups is 2. The highest BCUT2D eigenvalue weighted by molar-refractivity contribution is 8.25. The van der Waals surface area contributed by atoms with Crippen molar-refractivity contribution in [2.45, 2.75) is 12.2 Å². The first kappa shape index (κ1) is 20.1. The van der Waals surface area contributed by atoms with Crippen molar-refractivity contribution in [2.75, 3.05) is 5.75 Å². The van der Waals surface area contributed by atoms with Gasteiger partial charge in [-0.15, -0.1) is 23.5 Å². The molecule has 0 radical (unpaired) electrons. The van der Waals surface area contributed by atoms with Crippen LogP contribution >= 0.6 is 23.5 Å². The molecule has 7 heteroatoms. The lowest BCUT2D eigenvalue weighted by molar-refractivity contribution is -0.385. The fourth-order valence-electron chi connectivity index (χ4n) is 2.66. The molecule has 3 rings (SSSR count). The molecular formula is C21H17NO4S2. The highest BCUT2D eigenvalue weighted by atomic mass is 32.2. The summed E-state index contributed by atoms with van der Waals surface area (Å²) in [6, 6.07) is 14.8. The van der Waals surface area contributed by atoms with Gasteiger partial charge in [0.25, 0.3) is 5.69 Å². The van der Waals surface area contributed by atoms with Crippen LogP contribution in [-0.4, -0.2) is 27.5 Å².